The number of rotatable bonds is 3. The number of hydrogen-bond acceptors (Lipinski definition) is 6. The molecular formula is C10H15N5OS. The molecule has 17 heavy (non-hydrogen) atoms. The summed E-state index contributed by atoms with van der Waals surface area (Å²) in [6, 6.07) is 0. The van der Waals surface area contributed by atoms with E-state index in [0.717, 1.165) is 48.3 Å². The molecule has 1 N–H and O–H groups in total. The summed E-state index contributed by atoms with van der Waals surface area (Å²) in [4.78, 5) is 0.876. The van der Waals surface area contributed by atoms with E-state index in [1.54, 1.807) is 11.3 Å². The smallest absolute Gasteiger partial charge is 0.234 e. The number of aromatic nitrogens is 4. The Labute approximate surface area is 103 Å². The molecule has 7 heteroatoms. The Balaban J connectivity index is 1.78. The lowest BCUT2D eigenvalue weighted by molar-refractivity contribution is 0.0291. The predicted octanol–water partition coefficient (Wildman–Crippen LogP) is 0.279. The average Bonchev–Trinajstić information content (AvgIpc) is 2.89. The highest BCUT2D eigenvalue weighted by Crippen LogP contribution is 2.17. The summed E-state index contributed by atoms with van der Waals surface area (Å²) in [6.07, 6.45) is 1.94. The topological polar surface area (TPSA) is 64.3 Å². The molecule has 3 rings (SSSR count). The van der Waals surface area contributed by atoms with Crippen LogP contribution in [0.1, 0.15) is 17.8 Å². The second-order valence-corrected chi connectivity index (χ2v) is 5.10. The number of ether oxygens (including phenoxy) is 1. The SMILES string of the molecule is CCc1nnc2sc(CC3CNCCO3)nn12. The van der Waals surface area contributed by atoms with Gasteiger partial charge in [0.1, 0.15) is 5.01 Å². The van der Waals surface area contributed by atoms with Crippen molar-refractivity contribution in [2.45, 2.75) is 25.9 Å². The van der Waals surface area contributed by atoms with E-state index in [4.69, 9.17) is 4.74 Å². The van der Waals surface area contributed by atoms with Crippen LogP contribution in [0.15, 0.2) is 0 Å². The van der Waals surface area contributed by atoms with Crippen molar-refractivity contribution in [2.75, 3.05) is 19.7 Å². The van der Waals surface area contributed by atoms with Gasteiger partial charge in [-0.1, -0.05) is 18.3 Å². The van der Waals surface area contributed by atoms with Gasteiger partial charge in [-0.2, -0.15) is 9.61 Å². The number of nitrogens with zero attached hydrogens (tertiary/aromatic N) is 4. The van der Waals surface area contributed by atoms with Crippen LogP contribution in [-0.2, 0) is 17.6 Å². The minimum Gasteiger partial charge on any atom is -0.375 e. The Morgan fingerprint density at radius 3 is 3.24 bits per heavy atom. The van der Waals surface area contributed by atoms with Crippen LogP contribution in [0, 0.1) is 0 Å². The van der Waals surface area contributed by atoms with Crippen LogP contribution in [0.5, 0.6) is 0 Å². The van der Waals surface area contributed by atoms with E-state index >= 15 is 0 Å². The Morgan fingerprint density at radius 2 is 2.47 bits per heavy atom. The molecular weight excluding hydrogens is 238 g/mol. The van der Waals surface area contributed by atoms with Gasteiger partial charge >= 0.3 is 0 Å². The first kappa shape index (κ1) is 11.1. The van der Waals surface area contributed by atoms with E-state index in [0.29, 0.717) is 0 Å². The molecule has 0 aromatic carbocycles. The normalized spacial score (nSPS) is 21.1. The van der Waals surface area contributed by atoms with Gasteiger partial charge < -0.3 is 10.1 Å². The molecule has 1 fully saturated rings. The third kappa shape index (κ3) is 2.18. The van der Waals surface area contributed by atoms with Crippen molar-refractivity contribution in [3.8, 4) is 0 Å². The Kier molecular flexibility index (Phi) is 3.04. The molecule has 92 valence electrons. The zero-order valence-electron chi connectivity index (χ0n) is 9.72. The molecule has 0 bridgehead atoms. The summed E-state index contributed by atoms with van der Waals surface area (Å²) in [7, 11) is 0. The molecule has 2 aromatic heterocycles. The van der Waals surface area contributed by atoms with E-state index in [-0.39, 0.29) is 6.10 Å². The van der Waals surface area contributed by atoms with Gasteiger partial charge in [0.25, 0.3) is 0 Å². The van der Waals surface area contributed by atoms with Crippen LogP contribution in [0.2, 0.25) is 0 Å². The van der Waals surface area contributed by atoms with Crippen molar-refractivity contribution in [1.29, 1.82) is 0 Å². The molecule has 6 nitrogen and oxygen atoms in total. The summed E-state index contributed by atoms with van der Waals surface area (Å²) >= 11 is 1.60. The number of nitrogens with one attached hydrogen (secondary N) is 1. The maximum Gasteiger partial charge on any atom is 0.234 e. The maximum absolute atomic E-state index is 5.67. The third-order valence-corrected chi connectivity index (χ3v) is 3.74. The Morgan fingerprint density at radius 1 is 1.53 bits per heavy atom. The van der Waals surface area contributed by atoms with Crippen molar-refractivity contribution in [3.63, 3.8) is 0 Å². The van der Waals surface area contributed by atoms with Crippen LogP contribution < -0.4 is 5.32 Å². The largest absolute Gasteiger partial charge is 0.375 e. The number of fused-ring (bicyclic) bond motifs is 1. The maximum atomic E-state index is 5.67. The van der Waals surface area contributed by atoms with E-state index in [9.17, 15) is 0 Å². The van der Waals surface area contributed by atoms with Crippen LogP contribution in [0.25, 0.3) is 4.96 Å². The predicted molar refractivity (Wildman–Crippen MR) is 64.4 cm³/mol. The number of aryl methyl sites for hydroxylation is 1. The molecule has 2 aromatic rings. The van der Waals surface area contributed by atoms with Crippen molar-refractivity contribution in [1.82, 2.24) is 25.1 Å². The van der Waals surface area contributed by atoms with Gasteiger partial charge in [0.2, 0.25) is 4.96 Å². The highest BCUT2D eigenvalue weighted by molar-refractivity contribution is 7.16. The van der Waals surface area contributed by atoms with Gasteiger partial charge in [-0.25, -0.2) is 0 Å². The Bertz CT molecular complexity index is 502. The fourth-order valence-corrected chi connectivity index (χ4v) is 2.86. The van der Waals surface area contributed by atoms with E-state index in [1.165, 1.54) is 0 Å². The molecule has 1 saturated heterocycles. The first-order chi connectivity index (χ1) is 8.36. The summed E-state index contributed by atoms with van der Waals surface area (Å²) in [5.41, 5.74) is 0. The lowest BCUT2D eigenvalue weighted by Gasteiger charge is -2.22. The Hall–Kier alpha value is -1.05. The lowest BCUT2D eigenvalue weighted by atomic mass is 10.2. The van der Waals surface area contributed by atoms with Gasteiger partial charge in [-0.05, 0) is 0 Å². The van der Waals surface area contributed by atoms with Crippen molar-refractivity contribution in [2.24, 2.45) is 0 Å². The lowest BCUT2D eigenvalue weighted by Crippen LogP contribution is -2.39. The second kappa shape index (κ2) is 4.67. The standard InChI is InChI=1S/C10H15N5OS/c1-2-8-12-13-10-15(8)14-9(17-10)5-7-6-11-3-4-16-7/h7,11H,2-6H2,1H3. The van der Waals surface area contributed by atoms with Gasteiger partial charge in [0, 0.05) is 25.9 Å². The summed E-state index contributed by atoms with van der Waals surface area (Å²) in [6.45, 7) is 4.70. The number of morpholine rings is 1. The molecule has 0 amide bonds. The van der Waals surface area contributed by atoms with Gasteiger partial charge in [0.05, 0.1) is 12.7 Å². The summed E-state index contributed by atoms with van der Waals surface area (Å²) in [5, 5.41) is 17.1. The zero-order chi connectivity index (χ0) is 11.7. The quantitative estimate of drug-likeness (QED) is 0.851. The number of hydrogen-bond donors (Lipinski definition) is 1. The highest BCUT2D eigenvalue weighted by Gasteiger charge is 2.17. The molecule has 1 aliphatic rings. The first-order valence-electron chi connectivity index (χ1n) is 5.89. The molecule has 3 heterocycles. The van der Waals surface area contributed by atoms with E-state index in [1.807, 2.05) is 4.52 Å². The summed E-state index contributed by atoms with van der Waals surface area (Å²) < 4.78 is 7.51. The van der Waals surface area contributed by atoms with Crippen molar-refractivity contribution in [3.05, 3.63) is 10.8 Å². The molecule has 1 unspecified atom stereocenters. The molecule has 1 aliphatic heterocycles. The van der Waals surface area contributed by atoms with Crippen molar-refractivity contribution < 1.29 is 4.74 Å². The minimum atomic E-state index is 0.234. The average molecular weight is 253 g/mol. The fourth-order valence-electron chi connectivity index (χ4n) is 1.95. The summed E-state index contributed by atoms with van der Waals surface area (Å²) in [5.74, 6) is 0.921. The van der Waals surface area contributed by atoms with Crippen molar-refractivity contribution >= 4 is 16.3 Å². The molecule has 0 radical (unpaired) electrons. The van der Waals surface area contributed by atoms with Crippen LogP contribution in [0.3, 0.4) is 0 Å². The van der Waals surface area contributed by atoms with Crippen LogP contribution in [0.4, 0.5) is 0 Å². The monoisotopic (exact) mass is 253 g/mol. The van der Waals surface area contributed by atoms with Gasteiger partial charge in [-0.15, -0.1) is 10.2 Å². The zero-order valence-corrected chi connectivity index (χ0v) is 10.5. The second-order valence-electron chi connectivity index (χ2n) is 4.06. The van der Waals surface area contributed by atoms with Crippen LogP contribution >= 0.6 is 11.3 Å². The third-order valence-electron chi connectivity index (χ3n) is 2.82. The minimum absolute atomic E-state index is 0.234. The molecule has 0 spiro atoms. The van der Waals surface area contributed by atoms with Crippen LogP contribution in [-0.4, -0.2) is 45.6 Å². The highest BCUT2D eigenvalue weighted by atomic mass is 32.1. The fraction of sp³-hybridized carbons (Fsp3) is 0.700. The molecule has 0 aliphatic carbocycles. The van der Waals surface area contributed by atoms with Gasteiger partial charge in [-0.3, -0.25) is 0 Å². The van der Waals surface area contributed by atoms with E-state index < -0.39 is 0 Å². The van der Waals surface area contributed by atoms with E-state index in [2.05, 4.69) is 27.5 Å². The molecule has 1 atom stereocenters. The first-order valence-corrected chi connectivity index (χ1v) is 6.70. The molecule has 0 saturated carbocycles. The van der Waals surface area contributed by atoms with Gasteiger partial charge in [0.15, 0.2) is 5.82 Å².